The van der Waals surface area contributed by atoms with Crippen molar-refractivity contribution in [3.63, 3.8) is 0 Å². The fourth-order valence-corrected chi connectivity index (χ4v) is 2.21. The summed E-state index contributed by atoms with van der Waals surface area (Å²) in [5.74, 6) is 0.411. The molecule has 1 aromatic carbocycles. The fraction of sp³-hybridized carbons (Fsp3) is 0.600. The number of hydrogen-bond donors (Lipinski definition) is 1. The van der Waals surface area contributed by atoms with Crippen molar-refractivity contribution in [3.05, 3.63) is 30.1 Å². The van der Waals surface area contributed by atoms with Crippen LogP contribution in [0.15, 0.2) is 24.3 Å². The highest BCUT2D eigenvalue weighted by Gasteiger charge is 2.29. The normalized spacial score (nSPS) is 12.6. The Balaban J connectivity index is 2.53. The molecule has 0 atom stereocenters. The van der Waals surface area contributed by atoms with Crippen LogP contribution in [0.2, 0.25) is 0 Å². The smallest absolute Gasteiger partial charge is 0.123 e. The van der Waals surface area contributed by atoms with E-state index < -0.39 is 0 Å². The van der Waals surface area contributed by atoms with Gasteiger partial charge in [-0.15, -0.1) is 0 Å². The summed E-state index contributed by atoms with van der Waals surface area (Å²) in [6.07, 6.45) is 0.859. The van der Waals surface area contributed by atoms with Crippen LogP contribution in [-0.4, -0.2) is 18.3 Å². The summed E-state index contributed by atoms with van der Waals surface area (Å²) in [5.41, 5.74) is -0.156. The molecule has 3 heteroatoms. The van der Waals surface area contributed by atoms with Gasteiger partial charge in [-0.05, 0) is 41.5 Å². The van der Waals surface area contributed by atoms with Gasteiger partial charge < -0.3 is 9.84 Å². The van der Waals surface area contributed by atoms with Gasteiger partial charge in [0, 0.05) is 6.61 Å². The molecule has 0 unspecified atom stereocenters. The highest BCUT2D eigenvalue weighted by molar-refractivity contribution is 5.22. The molecule has 0 aliphatic heterocycles. The second-order valence-electron chi connectivity index (χ2n) is 6.41. The number of aliphatic hydroxyl groups excluding tert-OH is 1. The Morgan fingerprint density at radius 1 is 1.06 bits per heavy atom. The molecule has 18 heavy (non-hydrogen) atoms. The van der Waals surface area contributed by atoms with Gasteiger partial charge in [0.25, 0.3) is 0 Å². The Bertz CT molecular complexity index is 369. The van der Waals surface area contributed by atoms with Crippen LogP contribution in [-0.2, 0) is 0 Å². The van der Waals surface area contributed by atoms with Gasteiger partial charge in [-0.2, -0.15) is 0 Å². The number of aliphatic hydroxyl groups is 1. The molecule has 0 amide bonds. The summed E-state index contributed by atoms with van der Waals surface area (Å²) < 4.78 is 18.4. The molecule has 102 valence electrons. The van der Waals surface area contributed by atoms with E-state index in [1.807, 2.05) is 13.8 Å². The summed E-state index contributed by atoms with van der Waals surface area (Å²) in [4.78, 5) is 0. The molecular weight excluding hydrogens is 231 g/mol. The van der Waals surface area contributed by atoms with Gasteiger partial charge in [0.1, 0.15) is 11.6 Å². The lowest BCUT2D eigenvalue weighted by Gasteiger charge is -2.33. The first-order chi connectivity index (χ1) is 8.24. The highest BCUT2D eigenvalue weighted by atomic mass is 19.1. The van der Waals surface area contributed by atoms with Gasteiger partial charge in [-0.1, -0.05) is 27.7 Å². The van der Waals surface area contributed by atoms with Gasteiger partial charge >= 0.3 is 0 Å². The van der Waals surface area contributed by atoms with E-state index in [9.17, 15) is 9.50 Å². The van der Waals surface area contributed by atoms with Crippen molar-refractivity contribution in [3.8, 4) is 5.75 Å². The van der Waals surface area contributed by atoms with Crippen molar-refractivity contribution < 1.29 is 14.2 Å². The third-order valence-corrected chi connectivity index (χ3v) is 2.83. The largest absolute Gasteiger partial charge is 0.493 e. The Labute approximate surface area is 109 Å². The van der Waals surface area contributed by atoms with Gasteiger partial charge in [-0.3, -0.25) is 0 Å². The minimum atomic E-state index is -0.261. The monoisotopic (exact) mass is 254 g/mol. The maximum atomic E-state index is 12.7. The number of benzene rings is 1. The number of rotatable bonds is 6. The molecule has 0 radical (unpaired) electrons. The fourth-order valence-electron chi connectivity index (χ4n) is 2.21. The predicted molar refractivity (Wildman–Crippen MR) is 71.2 cm³/mol. The van der Waals surface area contributed by atoms with Crippen molar-refractivity contribution >= 4 is 0 Å². The summed E-state index contributed by atoms with van der Waals surface area (Å²) in [5, 5.41) is 9.29. The van der Waals surface area contributed by atoms with E-state index in [2.05, 4.69) is 13.8 Å². The Morgan fingerprint density at radius 3 is 2.11 bits per heavy atom. The molecule has 1 rings (SSSR count). The minimum Gasteiger partial charge on any atom is -0.493 e. The average molecular weight is 254 g/mol. The first-order valence-electron chi connectivity index (χ1n) is 6.23. The molecule has 1 aromatic rings. The number of halogens is 1. The van der Waals surface area contributed by atoms with Crippen molar-refractivity contribution in [2.45, 2.75) is 34.1 Å². The van der Waals surface area contributed by atoms with Crippen LogP contribution < -0.4 is 4.74 Å². The van der Waals surface area contributed by atoms with Crippen LogP contribution in [0.25, 0.3) is 0 Å². The molecule has 0 bridgehead atoms. The summed E-state index contributed by atoms with van der Waals surface area (Å²) >= 11 is 0. The summed E-state index contributed by atoms with van der Waals surface area (Å²) in [6.45, 7) is 8.98. The summed E-state index contributed by atoms with van der Waals surface area (Å²) in [7, 11) is 0. The minimum absolute atomic E-state index is 0.0411. The quantitative estimate of drug-likeness (QED) is 0.839. The zero-order chi connectivity index (χ0) is 13.8. The Kier molecular flexibility index (Phi) is 4.74. The molecule has 0 saturated carbocycles. The zero-order valence-corrected chi connectivity index (χ0v) is 11.7. The van der Waals surface area contributed by atoms with Crippen molar-refractivity contribution in [1.29, 1.82) is 0 Å². The molecular formula is C15H23FO2. The Hall–Kier alpha value is -1.09. The van der Waals surface area contributed by atoms with Crippen LogP contribution in [0.5, 0.6) is 5.75 Å². The van der Waals surface area contributed by atoms with Crippen molar-refractivity contribution in [2.24, 2.45) is 10.8 Å². The van der Waals surface area contributed by atoms with Gasteiger partial charge in [0.2, 0.25) is 0 Å². The highest BCUT2D eigenvalue weighted by Crippen LogP contribution is 2.33. The Morgan fingerprint density at radius 2 is 1.61 bits per heavy atom. The molecule has 1 N–H and O–H groups in total. The second-order valence-corrected chi connectivity index (χ2v) is 6.41. The topological polar surface area (TPSA) is 29.5 Å². The van der Waals surface area contributed by atoms with E-state index in [4.69, 9.17) is 4.74 Å². The molecule has 0 aromatic heterocycles. The number of ether oxygens (including phenoxy) is 1. The van der Waals surface area contributed by atoms with Crippen LogP contribution in [0.3, 0.4) is 0 Å². The lowest BCUT2D eigenvalue weighted by atomic mass is 9.76. The maximum Gasteiger partial charge on any atom is 0.123 e. The van der Waals surface area contributed by atoms with E-state index in [0.717, 1.165) is 6.42 Å². The van der Waals surface area contributed by atoms with Crippen LogP contribution >= 0.6 is 0 Å². The maximum absolute atomic E-state index is 12.7. The van der Waals surface area contributed by atoms with E-state index in [1.54, 1.807) is 12.1 Å². The average Bonchev–Trinajstić information content (AvgIpc) is 2.27. The first kappa shape index (κ1) is 15.0. The SMILES string of the molecule is CC(C)(CO)CC(C)(C)COc1ccc(F)cc1. The molecule has 0 heterocycles. The standard InChI is InChI=1S/C15H23FO2/c1-14(2,10-17)9-15(3,4)11-18-13-7-5-12(16)6-8-13/h5-8,17H,9-11H2,1-4H3. The molecule has 0 fully saturated rings. The molecule has 0 aliphatic rings. The molecule has 2 nitrogen and oxygen atoms in total. The lowest BCUT2D eigenvalue weighted by molar-refractivity contribution is 0.0728. The lowest BCUT2D eigenvalue weighted by Crippen LogP contribution is -2.30. The zero-order valence-electron chi connectivity index (χ0n) is 11.7. The van der Waals surface area contributed by atoms with Crippen LogP contribution in [0.4, 0.5) is 4.39 Å². The summed E-state index contributed by atoms with van der Waals surface area (Å²) in [6, 6.07) is 6.03. The van der Waals surface area contributed by atoms with E-state index in [1.165, 1.54) is 12.1 Å². The van der Waals surface area contributed by atoms with Gasteiger partial charge in [0.15, 0.2) is 0 Å². The number of hydrogen-bond acceptors (Lipinski definition) is 2. The third-order valence-electron chi connectivity index (χ3n) is 2.83. The molecule has 0 aliphatic carbocycles. The van der Waals surface area contributed by atoms with Crippen LogP contribution in [0.1, 0.15) is 34.1 Å². The van der Waals surface area contributed by atoms with E-state index in [0.29, 0.717) is 12.4 Å². The van der Waals surface area contributed by atoms with Crippen molar-refractivity contribution in [1.82, 2.24) is 0 Å². The second kappa shape index (κ2) is 5.70. The molecule has 0 saturated heterocycles. The molecule has 0 spiro atoms. The van der Waals surface area contributed by atoms with Gasteiger partial charge in [-0.25, -0.2) is 4.39 Å². The van der Waals surface area contributed by atoms with Crippen molar-refractivity contribution in [2.75, 3.05) is 13.2 Å². The predicted octanol–water partition coefficient (Wildman–Crippen LogP) is 3.64. The van der Waals surface area contributed by atoms with E-state index in [-0.39, 0.29) is 23.3 Å². The third kappa shape index (κ3) is 5.05. The van der Waals surface area contributed by atoms with Crippen LogP contribution in [0, 0.1) is 16.6 Å². The van der Waals surface area contributed by atoms with E-state index >= 15 is 0 Å². The van der Waals surface area contributed by atoms with Gasteiger partial charge in [0.05, 0.1) is 6.61 Å². The first-order valence-corrected chi connectivity index (χ1v) is 6.23.